The molecule has 0 aromatic carbocycles. The van der Waals surface area contributed by atoms with E-state index in [-0.39, 0.29) is 40.9 Å². The zero-order valence-electron chi connectivity index (χ0n) is 33.1. The van der Waals surface area contributed by atoms with Crippen LogP contribution in [0, 0.1) is 58.2 Å². The van der Waals surface area contributed by atoms with Crippen LogP contribution in [-0.2, 0) is 38.1 Å². The zero-order valence-corrected chi connectivity index (χ0v) is 33.1. The zero-order chi connectivity index (χ0) is 37.5. The molecule has 0 aromatic rings. The van der Waals surface area contributed by atoms with Crippen molar-refractivity contribution in [3.63, 3.8) is 0 Å². The highest BCUT2D eigenvalue weighted by molar-refractivity contribution is 5.82. The molecule has 9 rings (SSSR count). The fraction of sp³-hybridized carbons (Fsp3) is 0.905. The van der Waals surface area contributed by atoms with Gasteiger partial charge in [-0.2, -0.15) is 0 Å². The number of hydrogen-bond acceptors (Lipinski definition) is 9. The van der Waals surface area contributed by atoms with Gasteiger partial charge in [0.1, 0.15) is 11.7 Å². The van der Waals surface area contributed by atoms with E-state index in [1.54, 1.807) is 13.8 Å². The van der Waals surface area contributed by atoms with Gasteiger partial charge in [-0.3, -0.25) is 14.4 Å². The maximum atomic E-state index is 12.5. The molecule has 9 nitrogen and oxygen atoms in total. The van der Waals surface area contributed by atoms with Crippen molar-refractivity contribution in [1.29, 1.82) is 0 Å². The van der Waals surface area contributed by atoms with Crippen molar-refractivity contribution in [2.24, 2.45) is 58.2 Å². The molecule has 4 atom stereocenters. The predicted molar refractivity (Wildman–Crippen MR) is 193 cm³/mol. The van der Waals surface area contributed by atoms with Crippen LogP contribution in [0.4, 0.5) is 0 Å². The average molecular weight is 717 g/mol. The Hall–Kier alpha value is -2.16. The SMILES string of the molecule is CCC(C)(C)C(=O)OC1(C)C2CC3CC(C2)CC1C3.CCC(C)(C)C(=O)OC1CCOC1=O.CCC(C)C(=O)OC1C2CC3CC1CC(O)(C3)C2. The normalized spacial score (nSPS) is 39.2. The summed E-state index contributed by atoms with van der Waals surface area (Å²) in [6.45, 7) is 18.1. The van der Waals surface area contributed by atoms with E-state index in [0.717, 1.165) is 56.8 Å². The molecule has 1 aliphatic heterocycles. The van der Waals surface area contributed by atoms with Crippen LogP contribution in [0.5, 0.6) is 0 Å². The maximum Gasteiger partial charge on any atom is 0.347 e. The van der Waals surface area contributed by atoms with E-state index in [2.05, 4.69) is 13.8 Å². The first kappa shape index (κ1) is 40.0. The molecule has 4 unspecified atom stereocenters. The van der Waals surface area contributed by atoms with Crippen molar-refractivity contribution in [3.8, 4) is 0 Å². The van der Waals surface area contributed by atoms with Crippen molar-refractivity contribution in [2.45, 2.75) is 176 Å². The number of ether oxygens (including phenoxy) is 4. The molecule has 0 amide bonds. The Balaban J connectivity index is 0.000000150. The molecule has 290 valence electrons. The summed E-state index contributed by atoms with van der Waals surface area (Å²) in [4.78, 5) is 47.0. The summed E-state index contributed by atoms with van der Waals surface area (Å²) in [5, 5.41) is 10.5. The first-order valence-corrected chi connectivity index (χ1v) is 20.4. The maximum absolute atomic E-state index is 12.5. The smallest absolute Gasteiger partial charge is 0.347 e. The molecule has 0 aromatic heterocycles. The minimum absolute atomic E-state index is 0.00488. The highest BCUT2D eigenvalue weighted by Crippen LogP contribution is 2.60. The molecular formula is C42H68O9. The largest absolute Gasteiger partial charge is 0.463 e. The molecule has 8 saturated carbocycles. The number of rotatable bonds is 9. The lowest BCUT2D eigenvalue weighted by molar-refractivity contribution is -0.211. The van der Waals surface area contributed by atoms with Crippen LogP contribution >= 0.6 is 0 Å². The van der Waals surface area contributed by atoms with Crippen LogP contribution < -0.4 is 0 Å². The Morgan fingerprint density at radius 3 is 1.78 bits per heavy atom. The average Bonchev–Trinajstić information content (AvgIpc) is 3.47. The summed E-state index contributed by atoms with van der Waals surface area (Å²) in [5.74, 6) is 3.82. The summed E-state index contributed by atoms with van der Waals surface area (Å²) < 4.78 is 21.7. The number of cyclic esters (lactones) is 1. The van der Waals surface area contributed by atoms with Crippen LogP contribution in [0.15, 0.2) is 0 Å². The third-order valence-corrected chi connectivity index (χ3v) is 14.5. The highest BCUT2D eigenvalue weighted by Gasteiger charge is 2.58. The van der Waals surface area contributed by atoms with Gasteiger partial charge >= 0.3 is 23.9 Å². The molecule has 1 saturated heterocycles. The third-order valence-electron chi connectivity index (χ3n) is 14.5. The van der Waals surface area contributed by atoms with E-state index in [9.17, 15) is 24.3 Å². The van der Waals surface area contributed by atoms with E-state index >= 15 is 0 Å². The molecule has 8 bridgehead atoms. The van der Waals surface area contributed by atoms with Crippen LogP contribution in [0.3, 0.4) is 0 Å². The predicted octanol–water partition coefficient (Wildman–Crippen LogP) is 7.98. The molecule has 8 aliphatic carbocycles. The number of hydrogen-bond donors (Lipinski definition) is 1. The van der Waals surface area contributed by atoms with Crippen LogP contribution in [-0.4, -0.2) is 59.0 Å². The van der Waals surface area contributed by atoms with Crippen molar-refractivity contribution < 1.29 is 43.2 Å². The van der Waals surface area contributed by atoms with Gasteiger partial charge in [0, 0.05) is 6.42 Å². The standard InChI is InChI=1S/C17H28O2.C15H24O3.C10H16O4/c1-5-16(2,3)15(18)19-17(4)13-7-11-6-12(9-13)10-14(17)8-11;1-3-9(2)14(16)18-13-11-4-10-5-12(13)8-15(17,6-10)7-11;1-4-10(2,3)9(12)14-7-5-6-13-8(7)11/h11-14H,5-10H2,1-4H3;9-13,17H,3-8H2,1-2H3;7H,4-6H2,1-3H3. The lowest BCUT2D eigenvalue weighted by Crippen LogP contribution is -2.58. The summed E-state index contributed by atoms with van der Waals surface area (Å²) in [7, 11) is 0. The minimum Gasteiger partial charge on any atom is -0.463 e. The Bertz CT molecular complexity index is 1240. The molecule has 9 heteroatoms. The second kappa shape index (κ2) is 15.3. The Morgan fingerprint density at radius 1 is 0.804 bits per heavy atom. The van der Waals surface area contributed by atoms with Gasteiger partial charge in [-0.25, -0.2) is 4.79 Å². The third kappa shape index (κ3) is 8.64. The van der Waals surface area contributed by atoms with Crippen LogP contribution in [0.2, 0.25) is 0 Å². The van der Waals surface area contributed by atoms with Gasteiger partial charge in [0.15, 0.2) is 0 Å². The van der Waals surface area contributed by atoms with Gasteiger partial charge < -0.3 is 24.1 Å². The summed E-state index contributed by atoms with van der Waals surface area (Å²) in [6, 6.07) is 0. The molecule has 1 heterocycles. The number of carbonyl (C=O) groups is 4. The van der Waals surface area contributed by atoms with Gasteiger partial charge in [0.25, 0.3) is 0 Å². The molecule has 51 heavy (non-hydrogen) atoms. The molecule has 0 spiro atoms. The van der Waals surface area contributed by atoms with E-state index in [0.29, 0.717) is 49.0 Å². The van der Waals surface area contributed by atoms with Crippen molar-refractivity contribution >= 4 is 23.9 Å². The number of carbonyl (C=O) groups excluding carboxylic acids is 4. The van der Waals surface area contributed by atoms with Gasteiger partial charge in [0.05, 0.1) is 29.0 Å². The van der Waals surface area contributed by atoms with Gasteiger partial charge in [-0.1, -0.05) is 27.7 Å². The summed E-state index contributed by atoms with van der Waals surface area (Å²) in [5.41, 5.74) is -1.47. The molecule has 0 radical (unpaired) electrons. The minimum atomic E-state index is -0.687. The Labute approximate surface area is 307 Å². The van der Waals surface area contributed by atoms with Gasteiger partial charge in [-0.15, -0.1) is 0 Å². The summed E-state index contributed by atoms with van der Waals surface area (Å²) >= 11 is 0. The van der Waals surface area contributed by atoms with Crippen LogP contribution in [0.25, 0.3) is 0 Å². The monoisotopic (exact) mass is 716 g/mol. The van der Waals surface area contributed by atoms with Crippen molar-refractivity contribution in [3.05, 3.63) is 0 Å². The number of esters is 4. The van der Waals surface area contributed by atoms with E-state index < -0.39 is 23.1 Å². The number of aliphatic hydroxyl groups is 1. The topological polar surface area (TPSA) is 125 Å². The van der Waals surface area contributed by atoms with Gasteiger partial charge in [0.2, 0.25) is 6.10 Å². The molecule has 9 fully saturated rings. The fourth-order valence-electron chi connectivity index (χ4n) is 10.3. The lowest BCUT2D eigenvalue weighted by atomic mass is 9.50. The van der Waals surface area contributed by atoms with Crippen molar-refractivity contribution in [1.82, 2.24) is 0 Å². The molecular weight excluding hydrogens is 648 g/mol. The van der Waals surface area contributed by atoms with E-state index in [1.165, 1.54) is 32.1 Å². The Morgan fingerprint density at radius 2 is 1.33 bits per heavy atom. The van der Waals surface area contributed by atoms with Crippen LogP contribution in [0.1, 0.15) is 152 Å². The Kier molecular flexibility index (Phi) is 12.0. The quantitative estimate of drug-likeness (QED) is 0.187. The lowest BCUT2D eigenvalue weighted by Gasteiger charge is -2.59. The van der Waals surface area contributed by atoms with E-state index in [4.69, 9.17) is 18.9 Å². The second-order valence-corrected chi connectivity index (χ2v) is 19.1. The molecule has 1 N–H and O–H groups in total. The first-order valence-electron chi connectivity index (χ1n) is 20.4. The van der Waals surface area contributed by atoms with Crippen molar-refractivity contribution in [2.75, 3.05) is 6.61 Å². The van der Waals surface area contributed by atoms with Gasteiger partial charge in [-0.05, 0) is 160 Å². The highest BCUT2D eigenvalue weighted by atomic mass is 16.6. The summed E-state index contributed by atoms with van der Waals surface area (Å²) in [6.07, 6.45) is 13.8. The fourth-order valence-corrected chi connectivity index (χ4v) is 10.3. The second-order valence-electron chi connectivity index (χ2n) is 19.1. The van der Waals surface area contributed by atoms with E-state index in [1.807, 2.05) is 34.6 Å². The molecule has 9 aliphatic rings. The first-order chi connectivity index (χ1) is 23.8.